The van der Waals surface area contributed by atoms with Gasteiger partial charge in [0.2, 0.25) is 5.91 Å². The molecule has 2 aromatic heterocycles. The molecular weight excluding hydrogens is 376 g/mol. The number of aryl methyl sites for hydroxylation is 1. The minimum Gasteiger partial charge on any atom is -0.377 e. The van der Waals surface area contributed by atoms with E-state index < -0.39 is 0 Å². The molecule has 0 aromatic carbocycles. The third kappa shape index (κ3) is 4.66. The summed E-state index contributed by atoms with van der Waals surface area (Å²) in [6.07, 6.45) is 4.13. The zero-order valence-corrected chi connectivity index (χ0v) is 15.5. The molecule has 8 nitrogen and oxygen atoms in total. The Balaban J connectivity index is 1.55. The number of nitrogens with zero attached hydrogens (tertiary/aromatic N) is 5. The highest BCUT2D eigenvalue weighted by Crippen LogP contribution is 2.31. The molecule has 3 heterocycles. The van der Waals surface area contributed by atoms with Crippen molar-refractivity contribution in [2.24, 2.45) is 0 Å². The van der Waals surface area contributed by atoms with Gasteiger partial charge in [0.15, 0.2) is 10.8 Å². The Morgan fingerprint density at radius 2 is 2.31 bits per heavy atom. The number of rotatable bonds is 6. The Kier molecular flexibility index (Phi) is 6.33. The Hall–Kier alpha value is -2.28. The van der Waals surface area contributed by atoms with E-state index in [9.17, 15) is 4.79 Å². The van der Waals surface area contributed by atoms with E-state index in [4.69, 9.17) is 21.6 Å². The van der Waals surface area contributed by atoms with Crippen molar-refractivity contribution in [2.75, 3.05) is 31.2 Å². The molecule has 1 aliphatic heterocycles. The average Bonchev–Trinajstić information content (AvgIpc) is 3.06. The summed E-state index contributed by atoms with van der Waals surface area (Å²) in [5, 5.41) is 12.6. The van der Waals surface area contributed by atoms with Gasteiger partial charge in [-0.3, -0.25) is 4.79 Å². The first-order valence-electron chi connectivity index (χ1n) is 8.10. The van der Waals surface area contributed by atoms with E-state index in [1.165, 1.54) is 11.3 Å². The van der Waals surface area contributed by atoms with E-state index in [1.807, 2.05) is 11.0 Å². The van der Waals surface area contributed by atoms with Crippen LogP contribution in [-0.4, -0.2) is 53.2 Å². The number of anilines is 1. The summed E-state index contributed by atoms with van der Waals surface area (Å²) in [5.74, 6) is 0.574. The number of halogens is 1. The molecule has 26 heavy (non-hydrogen) atoms. The van der Waals surface area contributed by atoms with E-state index in [1.54, 1.807) is 18.5 Å². The number of carbonyl (C=O) groups excluding carboxylic acids is 1. The highest BCUT2D eigenvalue weighted by molar-refractivity contribution is 7.19. The van der Waals surface area contributed by atoms with Crippen LogP contribution < -0.4 is 10.2 Å². The lowest BCUT2D eigenvalue weighted by atomic mass is 10.2. The number of amides is 1. The minimum atomic E-state index is -0.0714. The van der Waals surface area contributed by atoms with Crippen molar-refractivity contribution in [1.29, 1.82) is 5.26 Å². The molecule has 3 rings (SSSR count). The number of thiazole rings is 1. The van der Waals surface area contributed by atoms with Crippen LogP contribution in [0.4, 0.5) is 5.13 Å². The number of carbonyl (C=O) groups is 1. The standard InChI is InChI=1S/C16H17ClN6O2S/c17-15-12(8-18)22-16(26-15)23-6-7-25-10-11(23)9-21-14(24)3-2-13-19-4-1-5-20-13/h1,4-5,11H,2-3,6-7,9-10H2,(H,21,24). The molecule has 1 saturated heterocycles. The fraction of sp³-hybridized carbons (Fsp3) is 0.438. The van der Waals surface area contributed by atoms with Crippen LogP contribution in [0.1, 0.15) is 17.9 Å². The van der Waals surface area contributed by atoms with Gasteiger partial charge in [-0.25, -0.2) is 15.0 Å². The molecule has 0 aliphatic carbocycles. The van der Waals surface area contributed by atoms with Gasteiger partial charge in [-0.15, -0.1) is 0 Å². The Morgan fingerprint density at radius 3 is 3.04 bits per heavy atom. The zero-order valence-electron chi connectivity index (χ0n) is 13.9. The summed E-state index contributed by atoms with van der Waals surface area (Å²) >= 11 is 7.30. The first-order valence-corrected chi connectivity index (χ1v) is 9.30. The number of nitrogens with one attached hydrogen (secondary N) is 1. The second-order valence-electron chi connectivity index (χ2n) is 5.62. The molecule has 0 radical (unpaired) electrons. The van der Waals surface area contributed by atoms with Crippen molar-refractivity contribution in [3.05, 3.63) is 34.3 Å². The van der Waals surface area contributed by atoms with Gasteiger partial charge in [-0.05, 0) is 6.07 Å². The quantitative estimate of drug-likeness (QED) is 0.792. The van der Waals surface area contributed by atoms with Crippen LogP contribution in [0.3, 0.4) is 0 Å². The predicted molar refractivity (Wildman–Crippen MR) is 97.2 cm³/mol. The molecule has 136 valence electrons. The molecule has 1 unspecified atom stereocenters. The van der Waals surface area contributed by atoms with E-state index in [2.05, 4.69) is 20.3 Å². The van der Waals surface area contributed by atoms with E-state index >= 15 is 0 Å². The Morgan fingerprint density at radius 1 is 1.50 bits per heavy atom. The van der Waals surface area contributed by atoms with Crippen molar-refractivity contribution in [3.8, 4) is 6.07 Å². The third-order valence-electron chi connectivity index (χ3n) is 3.88. The van der Waals surface area contributed by atoms with Crippen LogP contribution in [0, 0.1) is 11.3 Å². The van der Waals surface area contributed by atoms with E-state index in [0.717, 1.165) is 0 Å². The monoisotopic (exact) mass is 392 g/mol. The Labute approximate surface area is 159 Å². The molecule has 0 bridgehead atoms. The van der Waals surface area contributed by atoms with Crippen molar-refractivity contribution in [2.45, 2.75) is 18.9 Å². The number of aromatic nitrogens is 3. The zero-order chi connectivity index (χ0) is 18.4. The molecule has 1 fully saturated rings. The summed E-state index contributed by atoms with van der Waals surface area (Å²) in [4.78, 5) is 26.6. The normalized spacial score (nSPS) is 16.9. The third-order valence-corrected chi connectivity index (χ3v) is 5.17. The summed E-state index contributed by atoms with van der Waals surface area (Å²) in [7, 11) is 0. The lowest BCUT2D eigenvalue weighted by Gasteiger charge is -2.35. The number of ether oxygens (including phenoxy) is 1. The van der Waals surface area contributed by atoms with Crippen LogP contribution in [0.25, 0.3) is 0 Å². The maximum atomic E-state index is 12.1. The minimum absolute atomic E-state index is 0.0607. The Bertz CT molecular complexity index is 794. The number of nitriles is 1. The lowest BCUT2D eigenvalue weighted by Crippen LogP contribution is -2.51. The molecule has 2 aromatic rings. The summed E-state index contributed by atoms with van der Waals surface area (Å²) in [6.45, 7) is 2.09. The molecule has 1 atom stereocenters. The average molecular weight is 393 g/mol. The largest absolute Gasteiger partial charge is 0.377 e. The van der Waals surface area contributed by atoms with E-state index in [0.29, 0.717) is 54.4 Å². The molecule has 1 amide bonds. The maximum absolute atomic E-state index is 12.1. The topological polar surface area (TPSA) is 104 Å². The highest BCUT2D eigenvalue weighted by atomic mass is 35.5. The van der Waals surface area contributed by atoms with Gasteiger partial charge < -0.3 is 15.0 Å². The molecule has 1 aliphatic rings. The first kappa shape index (κ1) is 18.5. The number of morpholine rings is 1. The molecule has 10 heteroatoms. The van der Waals surface area contributed by atoms with Crippen molar-refractivity contribution in [1.82, 2.24) is 20.3 Å². The van der Waals surface area contributed by atoms with Gasteiger partial charge in [0, 0.05) is 38.3 Å². The van der Waals surface area contributed by atoms with Crippen LogP contribution >= 0.6 is 22.9 Å². The van der Waals surface area contributed by atoms with Crippen molar-refractivity contribution in [3.63, 3.8) is 0 Å². The van der Waals surface area contributed by atoms with Crippen LogP contribution in [-0.2, 0) is 16.0 Å². The van der Waals surface area contributed by atoms with E-state index in [-0.39, 0.29) is 17.6 Å². The van der Waals surface area contributed by atoms with Gasteiger partial charge in [-0.1, -0.05) is 22.9 Å². The van der Waals surface area contributed by atoms with Gasteiger partial charge in [0.1, 0.15) is 16.2 Å². The van der Waals surface area contributed by atoms with Gasteiger partial charge in [-0.2, -0.15) is 5.26 Å². The predicted octanol–water partition coefficient (Wildman–Crippen LogP) is 1.41. The van der Waals surface area contributed by atoms with Crippen LogP contribution in [0.5, 0.6) is 0 Å². The number of hydrogen-bond donors (Lipinski definition) is 1. The molecule has 0 saturated carbocycles. The van der Waals surface area contributed by atoms with Crippen LogP contribution in [0.15, 0.2) is 18.5 Å². The van der Waals surface area contributed by atoms with Gasteiger partial charge in [0.05, 0.1) is 19.3 Å². The fourth-order valence-corrected chi connectivity index (χ4v) is 3.70. The van der Waals surface area contributed by atoms with Crippen LogP contribution in [0.2, 0.25) is 4.34 Å². The number of hydrogen-bond acceptors (Lipinski definition) is 8. The van der Waals surface area contributed by atoms with Gasteiger partial charge >= 0.3 is 0 Å². The molecule has 1 N–H and O–H groups in total. The fourth-order valence-electron chi connectivity index (χ4n) is 2.56. The van der Waals surface area contributed by atoms with Gasteiger partial charge in [0.25, 0.3) is 0 Å². The summed E-state index contributed by atoms with van der Waals surface area (Å²) in [5.41, 5.74) is 0.226. The first-order chi connectivity index (χ1) is 12.7. The molecule has 0 spiro atoms. The smallest absolute Gasteiger partial charge is 0.220 e. The SMILES string of the molecule is N#Cc1nc(N2CCOCC2CNC(=O)CCc2ncccn2)sc1Cl. The van der Waals surface area contributed by atoms with Crippen molar-refractivity contribution >= 4 is 34.0 Å². The summed E-state index contributed by atoms with van der Waals surface area (Å²) in [6, 6.07) is 3.66. The highest BCUT2D eigenvalue weighted by Gasteiger charge is 2.27. The van der Waals surface area contributed by atoms with Crippen molar-refractivity contribution < 1.29 is 9.53 Å². The summed E-state index contributed by atoms with van der Waals surface area (Å²) < 4.78 is 5.90. The lowest BCUT2D eigenvalue weighted by molar-refractivity contribution is -0.121. The maximum Gasteiger partial charge on any atom is 0.220 e. The molecular formula is C16H17ClN6O2S. The second kappa shape index (κ2) is 8.89. The second-order valence-corrected chi connectivity index (χ2v) is 7.20.